The van der Waals surface area contributed by atoms with E-state index < -0.39 is 4.92 Å². The van der Waals surface area contributed by atoms with E-state index in [0.717, 1.165) is 17.7 Å². The Morgan fingerprint density at radius 3 is 2.86 bits per heavy atom. The fourth-order valence-corrected chi connectivity index (χ4v) is 1.93. The molecule has 0 unspecified atom stereocenters. The molecule has 2 rings (SSSR count). The molecule has 0 radical (unpaired) electrons. The van der Waals surface area contributed by atoms with E-state index in [2.05, 4.69) is 20.3 Å². The first-order chi connectivity index (χ1) is 10.2. The zero-order valence-corrected chi connectivity index (χ0v) is 11.7. The minimum Gasteiger partial charge on any atom is -0.476 e. The predicted octanol–water partition coefficient (Wildman–Crippen LogP) is 1.96. The summed E-state index contributed by atoms with van der Waals surface area (Å²) >= 11 is 0. The van der Waals surface area contributed by atoms with Crippen LogP contribution in [0.4, 0.5) is 11.5 Å². The highest BCUT2D eigenvalue weighted by atomic mass is 16.6. The molecule has 1 N–H and O–H groups in total. The van der Waals surface area contributed by atoms with E-state index in [9.17, 15) is 10.1 Å². The number of ether oxygens (including phenoxy) is 1. The van der Waals surface area contributed by atoms with Gasteiger partial charge >= 0.3 is 5.69 Å². The summed E-state index contributed by atoms with van der Waals surface area (Å²) in [5.74, 6) is 0.0359. The Bertz CT molecular complexity index is 647. The summed E-state index contributed by atoms with van der Waals surface area (Å²) in [5, 5.41) is 14.1. The topological polar surface area (TPSA) is 103 Å². The molecular formula is C13H15N5O3. The number of nitro groups is 1. The molecule has 2 heterocycles. The van der Waals surface area contributed by atoms with Crippen LogP contribution in [-0.2, 0) is 13.0 Å². The molecule has 0 spiro atoms. The summed E-state index contributed by atoms with van der Waals surface area (Å²) in [6, 6.07) is 3.83. The van der Waals surface area contributed by atoms with Gasteiger partial charge in [0.05, 0.1) is 24.3 Å². The van der Waals surface area contributed by atoms with Gasteiger partial charge < -0.3 is 10.1 Å². The Hall–Kier alpha value is -2.77. The Morgan fingerprint density at radius 2 is 2.19 bits per heavy atom. The zero-order valence-electron chi connectivity index (χ0n) is 11.7. The van der Waals surface area contributed by atoms with Gasteiger partial charge in [0.25, 0.3) is 5.88 Å². The molecule has 0 saturated heterocycles. The lowest BCUT2D eigenvalue weighted by Crippen LogP contribution is -2.09. The van der Waals surface area contributed by atoms with Crippen LogP contribution in [0.5, 0.6) is 5.88 Å². The molecule has 0 aliphatic heterocycles. The molecule has 0 aromatic carbocycles. The SMILES string of the molecule is CCc1cccnc1CNc1ncnc(OC)c1[N+](=O)[O-]. The molecule has 0 amide bonds. The van der Waals surface area contributed by atoms with Crippen LogP contribution in [-0.4, -0.2) is 27.0 Å². The van der Waals surface area contributed by atoms with Crippen LogP contribution >= 0.6 is 0 Å². The molecule has 110 valence electrons. The van der Waals surface area contributed by atoms with E-state index >= 15 is 0 Å². The summed E-state index contributed by atoms with van der Waals surface area (Å²) in [6.45, 7) is 2.36. The van der Waals surface area contributed by atoms with Crippen molar-refractivity contribution in [2.75, 3.05) is 12.4 Å². The summed E-state index contributed by atoms with van der Waals surface area (Å²) in [5.41, 5.74) is 1.62. The van der Waals surface area contributed by atoms with Gasteiger partial charge in [0.2, 0.25) is 5.82 Å². The van der Waals surface area contributed by atoms with Gasteiger partial charge in [0.1, 0.15) is 6.33 Å². The monoisotopic (exact) mass is 289 g/mol. The van der Waals surface area contributed by atoms with Crippen LogP contribution in [0.2, 0.25) is 0 Å². The standard InChI is InChI=1S/C13H15N5O3/c1-3-9-5-4-6-14-10(9)7-15-12-11(18(19)20)13(21-2)17-8-16-12/h4-6,8H,3,7H2,1-2H3,(H,15,16,17). The van der Waals surface area contributed by atoms with Crippen LogP contribution in [0.1, 0.15) is 18.2 Å². The predicted molar refractivity (Wildman–Crippen MR) is 76.2 cm³/mol. The second kappa shape index (κ2) is 6.60. The van der Waals surface area contributed by atoms with Crippen LogP contribution in [0.15, 0.2) is 24.7 Å². The van der Waals surface area contributed by atoms with Crippen molar-refractivity contribution < 1.29 is 9.66 Å². The molecular weight excluding hydrogens is 274 g/mol. The maximum absolute atomic E-state index is 11.1. The normalized spacial score (nSPS) is 10.2. The highest BCUT2D eigenvalue weighted by Crippen LogP contribution is 2.30. The van der Waals surface area contributed by atoms with Crippen LogP contribution < -0.4 is 10.1 Å². The van der Waals surface area contributed by atoms with E-state index in [1.807, 2.05) is 19.1 Å². The smallest absolute Gasteiger partial charge is 0.372 e. The minimum atomic E-state index is -0.569. The van der Waals surface area contributed by atoms with Crippen LogP contribution in [0.25, 0.3) is 0 Å². The maximum atomic E-state index is 11.1. The lowest BCUT2D eigenvalue weighted by molar-refractivity contribution is -0.385. The number of aromatic nitrogens is 3. The molecule has 2 aromatic rings. The van der Waals surface area contributed by atoms with E-state index in [1.165, 1.54) is 13.4 Å². The number of rotatable bonds is 6. The lowest BCUT2D eigenvalue weighted by Gasteiger charge is -2.09. The number of methoxy groups -OCH3 is 1. The first-order valence-corrected chi connectivity index (χ1v) is 6.37. The second-order valence-corrected chi connectivity index (χ2v) is 4.15. The van der Waals surface area contributed by atoms with Gasteiger partial charge in [-0.05, 0) is 18.1 Å². The van der Waals surface area contributed by atoms with Gasteiger partial charge in [-0.3, -0.25) is 15.1 Å². The van der Waals surface area contributed by atoms with Crippen molar-refractivity contribution in [3.63, 3.8) is 0 Å². The third kappa shape index (κ3) is 3.22. The average molecular weight is 289 g/mol. The number of nitrogens with zero attached hydrogens (tertiary/aromatic N) is 4. The Labute approximate surface area is 121 Å². The van der Waals surface area contributed by atoms with Crippen molar-refractivity contribution in [2.24, 2.45) is 0 Å². The Balaban J connectivity index is 2.26. The van der Waals surface area contributed by atoms with E-state index in [1.54, 1.807) is 6.20 Å². The van der Waals surface area contributed by atoms with Crippen molar-refractivity contribution >= 4 is 11.5 Å². The Kier molecular flexibility index (Phi) is 4.60. The summed E-state index contributed by atoms with van der Waals surface area (Å²) < 4.78 is 4.90. The summed E-state index contributed by atoms with van der Waals surface area (Å²) in [7, 11) is 1.33. The van der Waals surface area contributed by atoms with Crippen molar-refractivity contribution in [1.29, 1.82) is 0 Å². The molecule has 0 fully saturated rings. The van der Waals surface area contributed by atoms with Gasteiger partial charge in [-0.15, -0.1) is 0 Å². The third-order valence-electron chi connectivity index (χ3n) is 2.95. The second-order valence-electron chi connectivity index (χ2n) is 4.15. The van der Waals surface area contributed by atoms with Crippen molar-refractivity contribution in [2.45, 2.75) is 19.9 Å². The molecule has 0 aliphatic carbocycles. The number of aryl methyl sites for hydroxylation is 1. The Morgan fingerprint density at radius 1 is 1.38 bits per heavy atom. The minimum absolute atomic E-state index is 0.0748. The number of anilines is 1. The highest BCUT2D eigenvalue weighted by Gasteiger charge is 2.23. The average Bonchev–Trinajstić information content (AvgIpc) is 2.52. The van der Waals surface area contributed by atoms with Gasteiger partial charge in [0, 0.05) is 6.20 Å². The molecule has 21 heavy (non-hydrogen) atoms. The molecule has 2 aromatic heterocycles. The largest absolute Gasteiger partial charge is 0.476 e. The number of pyridine rings is 1. The molecule has 8 heteroatoms. The van der Waals surface area contributed by atoms with Gasteiger partial charge in [-0.1, -0.05) is 13.0 Å². The summed E-state index contributed by atoms with van der Waals surface area (Å²) in [6.07, 6.45) is 3.73. The van der Waals surface area contributed by atoms with E-state index in [0.29, 0.717) is 6.54 Å². The van der Waals surface area contributed by atoms with Gasteiger partial charge in [-0.25, -0.2) is 4.98 Å². The zero-order chi connectivity index (χ0) is 15.2. The van der Waals surface area contributed by atoms with Gasteiger partial charge in [0.15, 0.2) is 0 Å². The van der Waals surface area contributed by atoms with Gasteiger partial charge in [-0.2, -0.15) is 4.98 Å². The first-order valence-electron chi connectivity index (χ1n) is 6.37. The molecule has 0 saturated carbocycles. The molecule has 0 bridgehead atoms. The number of hydrogen-bond donors (Lipinski definition) is 1. The number of hydrogen-bond acceptors (Lipinski definition) is 7. The quantitative estimate of drug-likeness (QED) is 0.640. The summed E-state index contributed by atoms with van der Waals surface area (Å²) in [4.78, 5) is 22.5. The fraction of sp³-hybridized carbons (Fsp3) is 0.308. The van der Waals surface area contributed by atoms with E-state index in [-0.39, 0.29) is 17.4 Å². The maximum Gasteiger partial charge on any atom is 0.372 e. The highest BCUT2D eigenvalue weighted by molar-refractivity contribution is 5.61. The van der Waals surface area contributed by atoms with Crippen molar-refractivity contribution in [1.82, 2.24) is 15.0 Å². The number of nitrogens with one attached hydrogen (secondary N) is 1. The van der Waals surface area contributed by atoms with Crippen molar-refractivity contribution in [3.8, 4) is 5.88 Å². The molecule has 0 atom stereocenters. The molecule has 8 nitrogen and oxygen atoms in total. The van der Waals surface area contributed by atoms with Crippen LogP contribution in [0.3, 0.4) is 0 Å². The third-order valence-corrected chi connectivity index (χ3v) is 2.95. The van der Waals surface area contributed by atoms with Crippen molar-refractivity contribution in [3.05, 3.63) is 46.0 Å². The van der Waals surface area contributed by atoms with Crippen LogP contribution in [0, 0.1) is 10.1 Å². The fourth-order valence-electron chi connectivity index (χ4n) is 1.93. The lowest BCUT2D eigenvalue weighted by atomic mass is 10.1. The first kappa shape index (κ1) is 14.6. The van der Waals surface area contributed by atoms with E-state index in [4.69, 9.17) is 4.74 Å². The molecule has 0 aliphatic rings.